The number of aryl methyl sites for hydroxylation is 1. The van der Waals surface area contributed by atoms with Gasteiger partial charge in [-0.2, -0.15) is 16.4 Å². The van der Waals surface area contributed by atoms with Crippen LogP contribution in [0, 0.1) is 0 Å². The third-order valence-corrected chi connectivity index (χ3v) is 5.22. The maximum atomic E-state index is 12.2. The molecule has 8 heteroatoms. The predicted octanol–water partition coefficient (Wildman–Crippen LogP) is 1.24. The summed E-state index contributed by atoms with van der Waals surface area (Å²) < 4.78 is 28.7. The van der Waals surface area contributed by atoms with Crippen molar-refractivity contribution in [2.75, 3.05) is 6.61 Å². The summed E-state index contributed by atoms with van der Waals surface area (Å²) in [6.07, 6.45) is 4.01. The largest absolute Gasteiger partial charge is 0.396 e. The molecule has 2 rings (SSSR count). The first-order valence-electron chi connectivity index (χ1n) is 6.68. The average Bonchev–Trinajstić information content (AvgIpc) is 3.06. The van der Waals surface area contributed by atoms with Crippen LogP contribution in [0.2, 0.25) is 0 Å². The molecule has 1 unspecified atom stereocenters. The van der Waals surface area contributed by atoms with E-state index in [0.29, 0.717) is 19.4 Å². The predicted molar refractivity (Wildman–Crippen MR) is 81.7 cm³/mol. The SMILES string of the molecule is CC(Cc1ccsc1)NS(=O)(=O)c1cnn(CCCO)c1. The molecule has 0 radical (unpaired) electrons. The molecule has 6 nitrogen and oxygen atoms in total. The van der Waals surface area contributed by atoms with Crippen LogP contribution in [0.15, 0.2) is 34.1 Å². The number of nitrogens with zero attached hydrogens (tertiary/aromatic N) is 2. The fourth-order valence-electron chi connectivity index (χ4n) is 1.98. The lowest BCUT2D eigenvalue weighted by atomic mass is 10.1. The van der Waals surface area contributed by atoms with E-state index in [2.05, 4.69) is 9.82 Å². The molecule has 116 valence electrons. The number of nitrogens with one attached hydrogen (secondary N) is 1. The minimum Gasteiger partial charge on any atom is -0.396 e. The first kappa shape index (κ1) is 16.2. The van der Waals surface area contributed by atoms with Crippen molar-refractivity contribution in [2.24, 2.45) is 0 Å². The van der Waals surface area contributed by atoms with Gasteiger partial charge in [0.2, 0.25) is 10.0 Å². The van der Waals surface area contributed by atoms with Crippen molar-refractivity contribution >= 4 is 21.4 Å². The van der Waals surface area contributed by atoms with Crippen molar-refractivity contribution in [2.45, 2.75) is 37.2 Å². The highest BCUT2D eigenvalue weighted by atomic mass is 32.2. The van der Waals surface area contributed by atoms with Crippen molar-refractivity contribution in [3.8, 4) is 0 Å². The Morgan fingerprint density at radius 1 is 1.52 bits per heavy atom. The number of aliphatic hydroxyl groups is 1. The van der Waals surface area contributed by atoms with Crippen LogP contribution in [0.25, 0.3) is 0 Å². The van der Waals surface area contributed by atoms with E-state index in [1.165, 1.54) is 17.1 Å². The fraction of sp³-hybridized carbons (Fsp3) is 0.462. The molecule has 0 aliphatic carbocycles. The van der Waals surface area contributed by atoms with Crippen LogP contribution in [-0.2, 0) is 23.0 Å². The molecule has 2 heterocycles. The molecule has 0 spiro atoms. The second-order valence-corrected chi connectivity index (χ2v) is 7.37. The monoisotopic (exact) mass is 329 g/mol. The molecule has 0 aliphatic rings. The van der Waals surface area contributed by atoms with Gasteiger partial charge in [0, 0.05) is 25.4 Å². The Balaban J connectivity index is 1.98. The van der Waals surface area contributed by atoms with E-state index in [0.717, 1.165) is 5.56 Å². The summed E-state index contributed by atoms with van der Waals surface area (Å²) >= 11 is 1.60. The Morgan fingerprint density at radius 2 is 2.33 bits per heavy atom. The molecule has 0 bridgehead atoms. The fourth-order valence-corrected chi connectivity index (χ4v) is 3.85. The Kier molecular flexibility index (Phi) is 5.51. The van der Waals surface area contributed by atoms with Crippen molar-refractivity contribution in [1.29, 1.82) is 0 Å². The van der Waals surface area contributed by atoms with Gasteiger partial charge in [0.1, 0.15) is 4.90 Å². The summed E-state index contributed by atoms with van der Waals surface area (Å²) in [5.74, 6) is 0. The minimum atomic E-state index is -3.56. The van der Waals surface area contributed by atoms with E-state index in [4.69, 9.17) is 5.11 Å². The number of thiophene rings is 1. The van der Waals surface area contributed by atoms with Gasteiger partial charge in [0.25, 0.3) is 0 Å². The van der Waals surface area contributed by atoms with Crippen molar-refractivity contribution in [3.05, 3.63) is 34.8 Å². The van der Waals surface area contributed by atoms with Crippen LogP contribution in [0.3, 0.4) is 0 Å². The Morgan fingerprint density at radius 3 is 3.00 bits per heavy atom. The minimum absolute atomic E-state index is 0.0534. The first-order chi connectivity index (χ1) is 10.0. The van der Waals surface area contributed by atoms with Crippen LogP contribution < -0.4 is 4.72 Å². The highest BCUT2D eigenvalue weighted by Gasteiger charge is 2.19. The van der Waals surface area contributed by atoms with E-state index in [1.807, 2.05) is 23.8 Å². The molecule has 0 aromatic carbocycles. The maximum Gasteiger partial charge on any atom is 0.243 e. The molecular formula is C13H19N3O3S2. The number of hydrogen-bond donors (Lipinski definition) is 2. The van der Waals surface area contributed by atoms with Crippen LogP contribution in [0.4, 0.5) is 0 Å². The van der Waals surface area contributed by atoms with Crippen LogP contribution >= 0.6 is 11.3 Å². The number of hydrogen-bond acceptors (Lipinski definition) is 5. The van der Waals surface area contributed by atoms with Gasteiger partial charge in [-0.15, -0.1) is 0 Å². The van der Waals surface area contributed by atoms with Gasteiger partial charge in [0.15, 0.2) is 0 Å². The van der Waals surface area contributed by atoms with Crippen molar-refractivity contribution in [1.82, 2.24) is 14.5 Å². The Hall–Kier alpha value is -1.22. The van der Waals surface area contributed by atoms with Gasteiger partial charge in [-0.1, -0.05) is 0 Å². The lowest BCUT2D eigenvalue weighted by Gasteiger charge is -2.12. The van der Waals surface area contributed by atoms with Crippen molar-refractivity contribution in [3.63, 3.8) is 0 Å². The molecule has 0 fully saturated rings. The molecule has 21 heavy (non-hydrogen) atoms. The van der Waals surface area contributed by atoms with E-state index in [-0.39, 0.29) is 17.5 Å². The van der Waals surface area contributed by atoms with E-state index in [9.17, 15) is 8.42 Å². The normalized spacial score (nSPS) is 13.4. The van der Waals surface area contributed by atoms with Crippen LogP contribution in [-0.4, -0.2) is 36.0 Å². The van der Waals surface area contributed by atoms with E-state index < -0.39 is 10.0 Å². The summed E-state index contributed by atoms with van der Waals surface area (Å²) in [5.41, 5.74) is 1.12. The molecular weight excluding hydrogens is 310 g/mol. The number of rotatable bonds is 8. The van der Waals surface area contributed by atoms with Gasteiger partial charge in [-0.05, 0) is 42.2 Å². The first-order valence-corrected chi connectivity index (χ1v) is 9.10. The summed E-state index contributed by atoms with van der Waals surface area (Å²) in [7, 11) is -3.56. The zero-order valence-electron chi connectivity index (χ0n) is 11.8. The van der Waals surface area contributed by atoms with Crippen molar-refractivity contribution < 1.29 is 13.5 Å². The summed E-state index contributed by atoms with van der Waals surface area (Å²) in [6, 6.07) is 1.80. The zero-order valence-corrected chi connectivity index (χ0v) is 13.4. The lowest BCUT2D eigenvalue weighted by molar-refractivity contribution is 0.277. The van der Waals surface area contributed by atoms with Gasteiger partial charge < -0.3 is 5.11 Å². The summed E-state index contributed by atoms with van der Waals surface area (Å²) in [5, 5.41) is 16.7. The summed E-state index contributed by atoms with van der Waals surface area (Å²) in [6.45, 7) is 2.39. The molecule has 2 aromatic rings. The van der Waals surface area contributed by atoms with Crippen LogP contribution in [0.1, 0.15) is 18.9 Å². The molecule has 0 aliphatic heterocycles. The second-order valence-electron chi connectivity index (χ2n) is 4.87. The lowest BCUT2D eigenvalue weighted by Crippen LogP contribution is -2.33. The van der Waals surface area contributed by atoms with E-state index in [1.54, 1.807) is 11.3 Å². The summed E-state index contributed by atoms with van der Waals surface area (Å²) in [4.78, 5) is 0.151. The third kappa shape index (κ3) is 4.63. The Labute approximate surface area is 128 Å². The molecule has 2 N–H and O–H groups in total. The number of sulfonamides is 1. The highest BCUT2D eigenvalue weighted by Crippen LogP contribution is 2.12. The standard InChI is InChI=1S/C13H19N3O3S2/c1-11(7-12-3-6-20-10-12)15-21(18,19)13-8-14-16(9-13)4-2-5-17/h3,6,8-11,15,17H,2,4-5,7H2,1H3. The third-order valence-electron chi connectivity index (χ3n) is 2.94. The van der Waals surface area contributed by atoms with Gasteiger partial charge in [-0.3, -0.25) is 4.68 Å². The molecule has 0 amide bonds. The van der Waals surface area contributed by atoms with E-state index >= 15 is 0 Å². The molecule has 0 saturated heterocycles. The molecule has 1 atom stereocenters. The number of aromatic nitrogens is 2. The van der Waals surface area contributed by atoms with Gasteiger partial charge in [0.05, 0.1) is 6.20 Å². The molecule has 2 aromatic heterocycles. The topological polar surface area (TPSA) is 84.2 Å². The smallest absolute Gasteiger partial charge is 0.243 e. The van der Waals surface area contributed by atoms with Crippen LogP contribution in [0.5, 0.6) is 0 Å². The average molecular weight is 329 g/mol. The highest BCUT2D eigenvalue weighted by molar-refractivity contribution is 7.89. The van der Waals surface area contributed by atoms with Gasteiger partial charge >= 0.3 is 0 Å². The van der Waals surface area contributed by atoms with Gasteiger partial charge in [-0.25, -0.2) is 13.1 Å². The quantitative estimate of drug-likeness (QED) is 0.763. The zero-order chi connectivity index (χ0) is 15.3. The second kappa shape index (κ2) is 7.17. The maximum absolute atomic E-state index is 12.2. The Bertz CT molecular complexity index is 650. The number of aliphatic hydroxyl groups excluding tert-OH is 1. The molecule has 0 saturated carbocycles.